The summed E-state index contributed by atoms with van der Waals surface area (Å²) >= 11 is 0. The fourth-order valence-electron chi connectivity index (χ4n) is 2.28. The number of aromatic nitrogens is 2. The lowest BCUT2D eigenvalue weighted by atomic mass is 9.87. The molecule has 1 aliphatic carbocycles. The maximum absolute atomic E-state index is 11.1. The van der Waals surface area contributed by atoms with Crippen LogP contribution in [0, 0.1) is 0 Å². The standard InChI is InChI=1S/C11H16N2O2/c1-7(2)13-10-5-3-4-8(11(14)15)9(10)6-12-13/h6-8H,3-5H2,1-2H3,(H,14,15). The van der Waals surface area contributed by atoms with Gasteiger partial charge < -0.3 is 5.11 Å². The lowest BCUT2D eigenvalue weighted by molar-refractivity contribution is -0.139. The zero-order valence-electron chi connectivity index (χ0n) is 9.10. The largest absolute Gasteiger partial charge is 0.481 e. The summed E-state index contributed by atoms with van der Waals surface area (Å²) in [6.45, 7) is 4.13. The van der Waals surface area contributed by atoms with Crippen molar-refractivity contribution >= 4 is 5.97 Å². The van der Waals surface area contributed by atoms with Gasteiger partial charge in [-0.05, 0) is 33.1 Å². The summed E-state index contributed by atoms with van der Waals surface area (Å²) in [5, 5.41) is 13.4. The maximum Gasteiger partial charge on any atom is 0.311 e. The third kappa shape index (κ3) is 1.64. The molecule has 0 saturated carbocycles. The summed E-state index contributed by atoms with van der Waals surface area (Å²) in [5.74, 6) is -1.07. The maximum atomic E-state index is 11.1. The third-order valence-electron chi connectivity index (χ3n) is 3.00. The van der Waals surface area contributed by atoms with Crippen LogP contribution >= 0.6 is 0 Å². The first-order chi connectivity index (χ1) is 7.11. The second kappa shape index (κ2) is 3.68. The molecule has 1 N–H and O–H groups in total. The Hall–Kier alpha value is -1.32. The van der Waals surface area contributed by atoms with Crippen molar-refractivity contribution in [3.8, 4) is 0 Å². The van der Waals surface area contributed by atoms with Crippen LogP contribution < -0.4 is 0 Å². The van der Waals surface area contributed by atoms with Gasteiger partial charge in [0, 0.05) is 17.3 Å². The number of aliphatic carboxylic acids is 1. The van der Waals surface area contributed by atoms with E-state index in [0.29, 0.717) is 6.04 Å². The summed E-state index contributed by atoms with van der Waals surface area (Å²) in [6.07, 6.45) is 4.37. The number of rotatable bonds is 2. The first-order valence-electron chi connectivity index (χ1n) is 5.40. The molecule has 4 heteroatoms. The van der Waals surface area contributed by atoms with Crippen LogP contribution in [0.3, 0.4) is 0 Å². The van der Waals surface area contributed by atoms with Crippen LogP contribution in [-0.4, -0.2) is 20.9 Å². The second-order valence-electron chi connectivity index (χ2n) is 4.37. The van der Waals surface area contributed by atoms with Crippen molar-refractivity contribution in [2.45, 2.75) is 45.1 Å². The highest BCUT2D eigenvalue weighted by Gasteiger charge is 2.29. The molecule has 0 aliphatic heterocycles. The van der Waals surface area contributed by atoms with Gasteiger partial charge in [-0.25, -0.2) is 0 Å². The third-order valence-corrected chi connectivity index (χ3v) is 3.00. The molecule has 1 unspecified atom stereocenters. The fourth-order valence-corrected chi connectivity index (χ4v) is 2.28. The molecule has 0 radical (unpaired) electrons. The van der Waals surface area contributed by atoms with Crippen LogP contribution in [0.15, 0.2) is 6.20 Å². The summed E-state index contributed by atoms with van der Waals surface area (Å²) in [7, 11) is 0. The molecule has 0 saturated heterocycles. The molecular weight excluding hydrogens is 192 g/mol. The van der Waals surface area contributed by atoms with Gasteiger partial charge in [-0.2, -0.15) is 5.10 Å². The molecule has 1 atom stereocenters. The normalized spacial score (nSPS) is 20.3. The molecule has 0 aromatic carbocycles. The lowest BCUT2D eigenvalue weighted by Crippen LogP contribution is -2.19. The van der Waals surface area contributed by atoms with Gasteiger partial charge in [-0.15, -0.1) is 0 Å². The molecule has 1 aromatic rings. The SMILES string of the molecule is CC(C)n1ncc2c1CCCC2C(=O)O. The Labute approximate surface area is 88.9 Å². The van der Waals surface area contributed by atoms with Crippen LogP contribution in [-0.2, 0) is 11.2 Å². The summed E-state index contributed by atoms with van der Waals surface area (Å²) in [6, 6.07) is 0.307. The van der Waals surface area contributed by atoms with Crippen LogP contribution in [0.25, 0.3) is 0 Å². The molecule has 1 heterocycles. The number of carboxylic acid groups (broad SMARTS) is 1. The smallest absolute Gasteiger partial charge is 0.311 e. The minimum atomic E-state index is -0.723. The molecule has 1 aromatic heterocycles. The van der Waals surface area contributed by atoms with Crippen LogP contribution in [0.4, 0.5) is 0 Å². The van der Waals surface area contributed by atoms with Gasteiger partial charge in [0.05, 0.1) is 12.1 Å². The van der Waals surface area contributed by atoms with Crippen LogP contribution in [0.5, 0.6) is 0 Å². The molecule has 0 fully saturated rings. The van der Waals surface area contributed by atoms with Gasteiger partial charge >= 0.3 is 5.97 Å². The molecule has 4 nitrogen and oxygen atoms in total. The van der Waals surface area contributed by atoms with Crippen LogP contribution in [0.2, 0.25) is 0 Å². The zero-order chi connectivity index (χ0) is 11.0. The van der Waals surface area contributed by atoms with E-state index in [9.17, 15) is 4.79 Å². The Morgan fingerprint density at radius 1 is 1.67 bits per heavy atom. The minimum Gasteiger partial charge on any atom is -0.481 e. The molecule has 1 aliphatic rings. The fraction of sp³-hybridized carbons (Fsp3) is 0.636. The average Bonchev–Trinajstić information content (AvgIpc) is 2.59. The van der Waals surface area contributed by atoms with E-state index in [0.717, 1.165) is 30.5 Å². The number of hydrogen-bond donors (Lipinski definition) is 1. The quantitative estimate of drug-likeness (QED) is 0.808. The molecular formula is C11H16N2O2. The van der Waals surface area contributed by atoms with Crippen molar-refractivity contribution in [2.24, 2.45) is 0 Å². The van der Waals surface area contributed by atoms with Crippen molar-refractivity contribution in [1.82, 2.24) is 9.78 Å². The Bertz CT molecular complexity index is 382. The van der Waals surface area contributed by atoms with E-state index < -0.39 is 5.97 Å². The number of fused-ring (bicyclic) bond motifs is 1. The summed E-state index contributed by atoms with van der Waals surface area (Å²) < 4.78 is 1.95. The van der Waals surface area contributed by atoms with Crippen molar-refractivity contribution in [3.05, 3.63) is 17.5 Å². The predicted octanol–water partition coefficient (Wildman–Crippen LogP) is 1.97. The van der Waals surface area contributed by atoms with Gasteiger partial charge in [-0.1, -0.05) is 0 Å². The molecule has 15 heavy (non-hydrogen) atoms. The van der Waals surface area contributed by atoms with Crippen molar-refractivity contribution in [1.29, 1.82) is 0 Å². The molecule has 0 bridgehead atoms. The van der Waals surface area contributed by atoms with Gasteiger partial charge in [0.25, 0.3) is 0 Å². The number of hydrogen-bond acceptors (Lipinski definition) is 2. The highest BCUT2D eigenvalue weighted by Crippen LogP contribution is 2.32. The zero-order valence-corrected chi connectivity index (χ0v) is 9.10. The van der Waals surface area contributed by atoms with Gasteiger partial charge in [0.2, 0.25) is 0 Å². The second-order valence-corrected chi connectivity index (χ2v) is 4.37. The van der Waals surface area contributed by atoms with Crippen LogP contribution in [0.1, 0.15) is 49.9 Å². The van der Waals surface area contributed by atoms with Crippen molar-refractivity contribution in [2.75, 3.05) is 0 Å². The van der Waals surface area contributed by atoms with E-state index in [-0.39, 0.29) is 5.92 Å². The summed E-state index contributed by atoms with van der Waals surface area (Å²) in [4.78, 5) is 11.1. The van der Waals surface area contributed by atoms with E-state index in [1.165, 1.54) is 0 Å². The first-order valence-corrected chi connectivity index (χ1v) is 5.40. The topological polar surface area (TPSA) is 55.1 Å². The van der Waals surface area contributed by atoms with Crippen molar-refractivity contribution < 1.29 is 9.90 Å². The van der Waals surface area contributed by atoms with E-state index in [1.54, 1.807) is 6.20 Å². The predicted molar refractivity (Wildman–Crippen MR) is 55.9 cm³/mol. The van der Waals surface area contributed by atoms with E-state index in [4.69, 9.17) is 5.11 Å². The van der Waals surface area contributed by atoms with Gasteiger partial charge in [-0.3, -0.25) is 9.48 Å². The number of carboxylic acids is 1. The average molecular weight is 208 g/mol. The van der Waals surface area contributed by atoms with Gasteiger partial charge in [0.1, 0.15) is 0 Å². The highest BCUT2D eigenvalue weighted by atomic mass is 16.4. The lowest BCUT2D eigenvalue weighted by Gasteiger charge is -2.20. The Morgan fingerprint density at radius 3 is 3.00 bits per heavy atom. The number of carbonyl (C=O) groups is 1. The highest BCUT2D eigenvalue weighted by molar-refractivity contribution is 5.76. The molecule has 0 amide bonds. The van der Waals surface area contributed by atoms with E-state index >= 15 is 0 Å². The first kappa shape index (κ1) is 10.2. The Balaban J connectivity index is 2.42. The molecule has 82 valence electrons. The van der Waals surface area contributed by atoms with E-state index in [1.807, 2.05) is 4.68 Å². The van der Waals surface area contributed by atoms with Crippen molar-refractivity contribution in [3.63, 3.8) is 0 Å². The Kier molecular flexibility index (Phi) is 2.50. The number of nitrogens with zero attached hydrogens (tertiary/aromatic N) is 2. The minimum absolute atomic E-state index is 0.307. The van der Waals surface area contributed by atoms with E-state index in [2.05, 4.69) is 18.9 Å². The Morgan fingerprint density at radius 2 is 2.40 bits per heavy atom. The monoisotopic (exact) mass is 208 g/mol. The summed E-state index contributed by atoms with van der Waals surface area (Å²) in [5.41, 5.74) is 2.03. The van der Waals surface area contributed by atoms with Gasteiger partial charge in [0.15, 0.2) is 0 Å². The molecule has 0 spiro atoms. The molecule has 2 rings (SSSR count).